The minimum Gasteiger partial charge on any atom is -0.396 e. The van der Waals surface area contributed by atoms with Crippen LogP contribution in [0, 0.1) is 0 Å². The zero-order chi connectivity index (χ0) is 9.68. The van der Waals surface area contributed by atoms with Gasteiger partial charge in [0.15, 0.2) is 6.29 Å². The fraction of sp³-hybridized carbons (Fsp3) is 0.182. The summed E-state index contributed by atoms with van der Waals surface area (Å²) in [7, 11) is 0. The number of aldehydes is 1. The first kappa shape index (κ1) is 9.68. The van der Waals surface area contributed by atoms with Gasteiger partial charge in [0, 0.05) is 12.2 Å². The maximum absolute atomic E-state index is 10.6. The van der Waals surface area contributed by atoms with E-state index in [0.717, 1.165) is 17.4 Å². The van der Waals surface area contributed by atoms with E-state index < -0.39 is 0 Å². The molecule has 0 saturated carbocycles. The maximum Gasteiger partial charge on any atom is 0.150 e. The maximum atomic E-state index is 10.6. The average Bonchev–Trinajstić information content (AvgIpc) is 2.18. The van der Waals surface area contributed by atoms with Gasteiger partial charge in [-0.1, -0.05) is 30.8 Å². The fourth-order valence-corrected chi connectivity index (χ4v) is 1.19. The molecule has 0 aliphatic carbocycles. The second-order valence-corrected chi connectivity index (χ2v) is 2.78. The van der Waals surface area contributed by atoms with Crippen molar-refractivity contribution in [2.24, 2.45) is 0 Å². The minimum absolute atomic E-state index is 0.0615. The van der Waals surface area contributed by atoms with Gasteiger partial charge in [-0.25, -0.2) is 0 Å². The normalized spacial score (nSPS) is 9.62. The lowest BCUT2D eigenvalue weighted by molar-refractivity contribution is 0.112. The molecule has 0 saturated heterocycles. The van der Waals surface area contributed by atoms with Gasteiger partial charge in [0.05, 0.1) is 0 Å². The van der Waals surface area contributed by atoms with E-state index in [1.54, 1.807) is 12.1 Å². The van der Waals surface area contributed by atoms with Crippen LogP contribution in [-0.2, 0) is 0 Å². The Kier molecular flexibility index (Phi) is 3.41. The predicted octanol–water partition coefficient (Wildman–Crippen LogP) is 1.89. The van der Waals surface area contributed by atoms with E-state index in [1.807, 2.05) is 12.1 Å². The van der Waals surface area contributed by atoms with Crippen molar-refractivity contribution in [3.63, 3.8) is 0 Å². The highest BCUT2D eigenvalue weighted by Crippen LogP contribution is 2.18. The molecule has 1 aromatic rings. The first-order valence-electron chi connectivity index (χ1n) is 4.13. The van der Waals surface area contributed by atoms with Crippen molar-refractivity contribution >= 4 is 11.9 Å². The second-order valence-electron chi connectivity index (χ2n) is 2.78. The fourth-order valence-electron chi connectivity index (χ4n) is 1.19. The van der Waals surface area contributed by atoms with Crippen LogP contribution in [0.25, 0.3) is 5.57 Å². The van der Waals surface area contributed by atoms with E-state index in [2.05, 4.69) is 6.58 Å². The van der Waals surface area contributed by atoms with Crippen LogP contribution in [0.3, 0.4) is 0 Å². The lowest BCUT2D eigenvalue weighted by Gasteiger charge is -2.05. The molecule has 0 aliphatic heterocycles. The molecule has 0 unspecified atom stereocenters. The Morgan fingerprint density at radius 3 is 2.77 bits per heavy atom. The second kappa shape index (κ2) is 4.58. The third kappa shape index (κ3) is 2.26. The molecule has 1 N–H and O–H groups in total. The van der Waals surface area contributed by atoms with Gasteiger partial charge in [-0.3, -0.25) is 4.79 Å². The molecular weight excluding hydrogens is 164 g/mol. The summed E-state index contributed by atoms with van der Waals surface area (Å²) >= 11 is 0. The monoisotopic (exact) mass is 176 g/mol. The lowest BCUT2D eigenvalue weighted by atomic mass is 10.00. The summed E-state index contributed by atoms with van der Waals surface area (Å²) in [5.74, 6) is 0. The van der Waals surface area contributed by atoms with E-state index in [9.17, 15) is 4.79 Å². The SMILES string of the molecule is C=C(CCO)c1ccccc1C=O. The predicted molar refractivity (Wildman–Crippen MR) is 52.6 cm³/mol. The Hall–Kier alpha value is -1.41. The van der Waals surface area contributed by atoms with Gasteiger partial charge in [0.2, 0.25) is 0 Å². The molecule has 0 aromatic heterocycles. The number of carbonyl (C=O) groups excluding carboxylic acids is 1. The zero-order valence-electron chi connectivity index (χ0n) is 7.36. The van der Waals surface area contributed by atoms with Gasteiger partial charge in [-0.15, -0.1) is 0 Å². The van der Waals surface area contributed by atoms with Crippen LogP contribution in [0.5, 0.6) is 0 Å². The highest BCUT2D eigenvalue weighted by atomic mass is 16.2. The molecule has 13 heavy (non-hydrogen) atoms. The molecule has 1 aromatic carbocycles. The van der Waals surface area contributed by atoms with Crippen LogP contribution in [0.4, 0.5) is 0 Å². The number of aliphatic hydroxyl groups excluding tert-OH is 1. The van der Waals surface area contributed by atoms with Crippen molar-refractivity contribution in [2.75, 3.05) is 6.61 Å². The average molecular weight is 176 g/mol. The van der Waals surface area contributed by atoms with Gasteiger partial charge < -0.3 is 5.11 Å². The summed E-state index contributed by atoms with van der Waals surface area (Å²) in [4.78, 5) is 10.6. The number of benzene rings is 1. The Morgan fingerprint density at radius 2 is 2.15 bits per heavy atom. The topological polar surface area (TPSA) is 37.3 Å². The van der Waals surface area contributed by atoms with E-state index in [4.69, 9.17) is 5.11 Å². The zero-order valence-corrected chi connectivity index (χ0v) is 7.36. The molecule has 0 spiro atoms. The highest BCUT2D eigenvalue weighted by Gasteiger charge is 2.03. The summed E-state index contributed by atoms with van der Waals surface area (Å²) in [6.07, 6.45) is 1.31. The lowest BCUT2D eigenvalue weighted by Crippen LogP contribution is -1.93. The first-order valence-corrected chi connectivity index (χ1v) is 4.13. The van der Waals surface area contributed by atoms with E-state index in [1.165, 1.54) is 0 Å². The van der Waals surface area contributed by atoms with Crippen LogP contribution < -0.4 is 0 Å². The van der Waals surface area contributed by atoms with Gasteiger partial charge in [-0.2, -0.15) is 0 Å². The summed E-state index contributed by atoms with van der Waals surface area (Å²) in [5.41, 5.74) is 2.25. The molecule has 0 bridgehead atoms. The first-order chi connectivity index (χ1) is 6.29. The molecule has 68 valence electrons. The van der Waals surface area contributed by atoms with Crippen LogP contribution in [0.1, 0.15) is 22.3 Å². The number of hydrogen-bond acceptors (Lipinski definition) is 2. The minimum atomic E-state index is 0.0615. The van der Waals surface area contributed by atoms with Gasteiger partial charge >= 0.3 is 0 Å². The third-order valence-electron chi connectivity index (χ3n) is 1.88. The molecule has 0 amide bonds. The molecule has 0 atom stereocenters. The Balaban J connectivity index is 2.98. The van der Waals surface area contributed by atoms with Crippen molar-refractivity contribution < 1.29 is 9.90 Å². The molecule has 0 radical (unpaired) electrons. The number of carbonyl (C=O) groups is 1. The van der Waals surface area contributed by atoms with Crippen LogP contribution >= 0.6 is 0 Å². The van der Waals surface area contributed by atoms with Crippen LogP contribution in [-0.4, -0.2) is 18.0 Å². The van der Waals surface area contributed by atoms with Gasteiger partial charge in [0.25, 0.3) is 0 Å². The number of rotatable bonds is 4. The Bertz CT molecular complexity index is 316. The smallest absolute Gasteiger partial charge is 0.150 e. The van der Waals surface area contributed by atoms with Gasteiger partial charge in [-0.05, 0) is 17.6 Å². The standard InChI is InChI=1S/C11H12O2/c1-9(6-7-12)11-5-3-2-4-10(11)8-13/h2-5,8,12H,1,6-7H2. The Morgan fingerprint density at radius 1 is 1.46 bits per heavy atom. The van der Waals surface area contributed by atoms with Crippen LogP contribution in [0.15, 0.2) is 30.8 Å². The van der Waals surface area contributed by atoms with Crippen molar-refractivity contribution in [2.45, 2.75) is 6.42 Å². The van der Waals surface area contributed by atoms with E-state index >= 15 is 0 Å². The molecule has 0 aliphatic rings. The van der Waals surface area contributed by atoms with Crippen LogP contribution in [0.2, 0.25) is 0 Å². The van der Waals surface area contributed by atoms with E-state index in [0.29, 0.717) is 12.0 Å². The van der Waals surface area contributed by atoms with Crippen molar-refractivity contribution in [1.82, 2.24) is 0 Å². The highest BCUT2D eigenvalue weighted by molar-refractivity contribution is 5.84. The molecule has 2 heteroatoms. The molecule has 0 fully saturated rings. The summed E-state index contributed by atoms with van der Waals surface area (Å²) in [6.45, 7) is 3.87. The Labute approximate surface area is 77.5 Å². The number of hydrogen-bond donors (Lipinski definition) is 1. The van der Waals surface area contributed by atoms with Crippen molar-refractivity contribution in [3.8, 4) is 0 Å². The quantitative estimate of drug-likeness (QED) is 0.711. The summed E-state index contributed by atoms with van der Waals surface area (Å²) < 4.78 is 0. The summed E-state index contributed by atoms with van der Waals surface area (Å²) in [6, 6.07) is 7.23. The summed E-state index contributed by atoms with van der Waals surface area (Å²) in [5, 5.41) is 8.71. The largest absolute Gasteiger partial charge is 0.396 e. The van der Waals surface area contributed by atoms with Crippen molar-refractivity contribution in [3.05, 3.63) is 42.0 Å². The number of aliphatic hydroxyl groups is 1. The van der Waals surface area contributed by atoms with Gasteiger partial charge in [0.1, 0.15) is 0 Å². The molecule has 2 nitrogen and oxygen atoms in total. The molecule has 0 heterocycles. The molecule has 1 rings (SSSR count). The third-order valence-corrected chi connectivity index (χ3v) is 1.88. The van der Waals surface area contributed by atoms with Crippen molar-refractivity contribution in [1.29, 1.82) is 0 Å². The van der Waals surface area contributed by atoms with E-state index in [-0.39, 0.29) is 6.61 Å². The molecular formula is C11H12O2.